The van der Waals surface area contributed by atoms with Crippen molar-refractivity contribution in [1.82, 2.24) is 0 Å². The first-order chi connectivity index (χ1) is 9.92. The molecule has 1 aliphatic heterocycles. The molecule has 0 amide bonds. The molecule has 0 N–H and O–H groups in total. The van der Waals surface area contributed by atoms with Crippen LogP contribution < -0.4 is 9.74 Å². The lowest BCUT2D eigenvalue weighted by Crippen LogP contribution is -2.18. The van der Waals surface area contributed by atoms with Crippen LogP contribution in [-0.2, 0) is 4.74 Å². The molecule has 102 valence electrons. The first-order valence-electron chi connectivity index (χ1n) is 6.60. The Balaban J connectivity index is 1.60. The van der Waals surface area contributed by atoms with E-state index in [2.05, 4.69) is 22.2 Å². The molecule has 0 atom stereocenters. The summed E-state index contributed by atoms with van der Waals surface area (Å²) < 4.78 is 5.34. The van der Waals surface area contributed by atoms with E-state index in [4.69, 9.17) is 9.57 Å². The number of anilines is 1. The summed E-state index contributed by atoms with van der Waals surface area (Å²) in [6.45, 7) is 2.42. The fourth-order valence-corrected chi connectivity index (χ4v) is 2.02. The molecule has 4 heteroatoms. The molecule has 1 aliphatic rings. The average molecular weight is 268 g/mol. The molecule has 0 saturated carbocycles. The fraction of sp³-hybridized carbons (Fsp3) is 0.188. The fourth-order valence-electron chi connectivity index (χ4n) is 2.02. The average Bonchev–Trinajstić information content (AvgIpc) is 3.03. The minimum Gasteiger partial charge on any atom is -0.359 e. The summed E-state index contributed by atoms with van der Waals surface area (Å²) in [6, 6.07) is 17.7. The van der Waals surface area contributed by atoms with Gasteiger partial charge in [-0.1, -0.05) is 35.5 Å². The molecular formula is C16H16N2O2. The van der Waals surface area contributed by atoms with Crippen LogP contribution in [0.4, 0.5) is 5.69 Å². The Hall–Kier alpha value is -2.33. The van der Waals surface area contributed by atoms with E-state index in [1.807, 2.05) is 42.5 Å². The number of ether oxygens (including phenoxy) is 1. The number of hydrogen-bond acceptors (Lipinski definition) is 4. The number of rotatable bonds is 4. The molecule has 1 fully saturated rings. The van der Waals surface area contributed by atoms with Gasteiger partial charge in [0.15, 0.2) is 5.75 Å². The smallest absolute Gasteiger partial charge is 0.157 e. The van der Waals surface area contributed by atoms with E-state index in [1.165, 1.54) is 5.69 Å². The van der Waals surface area contributed by atoms with Crippen molar-refractivity contribution in [3.8, 4) is 5.75 Å². The lowest BCUT2D eigenvalue weighted by Gasteiger charge is -2.15. The van der Waals surface area contributed by atoms with Crippen LogP contribution in [0.1, 0.15) is 5.56 Å². The second-order valence-electron chi connectivity index (χ2n) is 4.53. The summed E-state index contributed by atoms with van der Waals surface area (Å²) in [5.41, 5.74) is 2.17. The quantitative estimate of drug-likeness (QED) is 0.631. The Labute approximate surface area is 118 Å². The molecule has 1 heterocycles. The highest BCUT2D eigenvalue weighted by Crippen LogP contribution is 2.17. The largest absolute Gasteiger partial charge is 0.359 e. The Bertz CT molecular complexity index is 561. The van der Waals surface area contributed by atoms with Gasteiger partial charge in [-0.15, -0.1) is 0 Å². The molecule has 0 aliphatic carbocycles. The van der Waals surface area contributed by atoms with Gasteiger partial charge in [-0.05, 0) is 29.8 Å². The van der Waals surface area contributed by atoms with Gasteiger partial charge >= 0.3 is 0 Å². The van der Waals surface area contributed by atoms with Gasteiger partial charge in [0.05, 0.1) is 12.8 Å². The Kier molecular flexibility index (Phi) is 3.94. The molecule has 20 heavy (non-hydrogen) atoms. The molecule has 0 unspecified atom stereocenters. The highest BCUT2D eigenvalue weighted by molar-refractivity contribution is 5.80. The Morgan fingerprint density at radius 1 is 1.05 bits per heavy atom. The monoisotopic (exact) mass is 268 g/mol. The highest BCUT2D eigenvalue weighted by atomic mass is 16.6. The van der Waals surface area contributed by atoms with Gasteiger partial charge in [-0.2, -0.15) is 0 Å². The van der Waals surface area contributed by atoms with Crippen molar-refractivity contribution in [2.24, 2.45) is 5.16 Å². The van der Waals surface area contributed by atoms with Crippen LogP contribution >= 0.6 is 0 Å². The SMILES string of the molecule is C(=NOc1ccccc1)c1ccc(N2CCOC2)cc1. The molecular weight excluding hydrogens is 252 g/mol. The van der Waals surface area contributed by atoms with Gasteiger partial charge in [-0.25, -0.2) is 0 Å². The first-order valence-corrected chi connectivity index (χ1v) is 6.60. The van der Waals surface area contributed by atoms with Crippen LogP contribution in [0.5, 0.6) is 5.75 Å². The zero-order chi connectivity index (χ0) is 13.6. The summed E-state index contributed by atoms with van der Waals surface area (Å²) in [5, 5.41) is 3.98. The number of para-hydroxylation sites is 1. The molecule has 2 aromatic rings. The second kappa shape index (κ2) is 6.21. The van der Waals surface area contributed by atoms with E-state index < -0.39 is 0 Å². The normalized spacial score (nSPS) is 14.9. The van der Waals surface area contributed by atoms with Crippen molar-refractivity contribution >= 4 is 11.9 Å². The summed E-state index contributed by atoms with van der Waals surface area (Å²) in [6.07, 6.45) is 1.71. The van der Waals surface area contributed by atoms with Gasteiger partial charge in [0.1, 0.15) is 6.73 Å². The maximum atomic E-state index is 5.34. The second-order valence-corrected chi connectivity index (χ2v) is 4.53. The molecule has 0 radical (unpaired) electrons. The van der Waals surface area contributed by atoms with E-state index in [1.54, 1.807) is 6.21 Å². The number of hydrogen-bond donors (Lipinski definition) is 0. The molecule has 0 spiro atoms. The van der Waals surface area contributed by atoms with Crippen LogP contribution in [-0.4, -0.2) is 26.1 Å². The summed E-state index contributed by atoms with van der Waals surface area (Å²) in [7, 11) is 0. The van der Waals surface area contributed by atoms with E-state index in [9.17, 15) is 0 Å². The summed E-state index contributed by atoms with van der Waals surface area (Å²) >= 11 is 0. The number of benzene rings is 2. The van der Waals surface area contributed by atoms with Gasteiger partial charge in [-0.3, -0.25) is 0 Å². The van der Waals surface area contributed by atoms with Crippen molar-refractivity contribution < 1.29 is 9.57 Å². The zero-order valence-corrected chi connectivity index (χ0v) is 11.1. The van der Waals surface area contributed by atoms with Gasteiger partial charge in [0.25, 0.3) is 0 Å². The predicted molar refractivity (Wildman–Crippen MR) is 79.3 cm³/mol. The van der Waals surface area contributed by atoms with Crippen LogP contribution in [0.3, 0.4) is 0 Å². The summed E-state index contributed by atoms with van der Waals surface area (Å²) in [4.78, 5) is 7.47. The number of oxime groups is 1. The lowest BCUT2D eigenvalue weighted by molar-refractivity contribution is 0.201. The molecule has 4 nitrogen and oxygen atoms in total. The van der Waals surface area contributed by atoms with Crippen molar-refractivity contribution in [2.45, 2.75) is 0 Å². The van der Waals surface area contributed by atoms with Crippen molar-refractivity contribution in [3.05, 3.63) is 60.2 Å². The maximum absolute atomic E-state index is 5.34. The molecule has 0 bridgehead atoms. The Morgan fingerprint density at radius 3 is 2.55 bits per heavy atom. The van der Waals surface area contributed by atoms with Gasteiger partial charge in [0.2, 0.25) is 0 Å². The van der Waals surface area contributed by atoms with Crippen LogP contribution in [0.2, 0.25) is 0 Å². The van der Waals surface area contributed by atoms with E-state index in [0.29, 0.717) is 6.73 Å². The topological polar surface area (TPSA) is 34.1 Å². The molecule has 0 aromatic heterocycles. The van der Waals surface area contributed by atoms with Crippen LogP contribution in [0.15, 0.2) is 59.8 Å². The Morgan fingerprint density at radius 2 is 1.85 bits per heavy atom. The van der Waals surface area contributed by atoms with Gasteiger partial charge < -0.3 is 14.5 Å². The predicted octanol–water partition coefficient (Wildman–Crippen LogP) is 2.89. The van der Waals surface area contributed by atoms with Gasteiger partial charge in [0, 0.05) is 12.2 Å². The third-order valence-corrected chi connectivity index (χ3v) is 3.11. The van der Waals surface area contributed by atoms with E-state index in [-0.39, 0.29) is 0 Å². The van der Waals surface area contributed by atoms with Crippen LogP contribution in [0.25, 0.3) is 0 Å². The third-order valence-electron chi connectivity index (χ3n) is 3.11. The lowest BCUT2D eigenvalue weighted by atomic mass is 10.2. The van der Waals surface area contributed by atoms with Crippen molar-refractivity contribution in [2.75, 3.05) is 24.8 Å². The van der Waals surface area contributed by atoms with Crippen molar-refractivity contribution in [1.29, 1.82) is 0 Å². The van der Waals surface area contributed by atoms with Crippen molar-refractivity contribution in [3.63, 3.8) is 0 Å². The minimum absolute atomic E-state index is 0.671. The molecule has 1 saturated heterocycles. The number of nitrogens with zero attached hydrogens (tertiary/aromatic N) is 2. The molecule has 3 rings (SSSR count). The van der Waals surface area contributed by atoms with Crippen LogP contribution in [0, 0.1) is 0 Å². The minimum atomic E-state index is 0.671. The van der Waals surface area contributed by atoms with E-state index in [0.717, 1.165) is 24.5 Å². The zero-order valence-electron chi connectivity index (χ0n) is 11.1. The third kappa shape index (κ3) is 3.16. The molecule has 2 aromatic carbocycles. The highest BCUT2D eigenvalue weighted by Gasteiger charge is 2.11. The maximum Gasteiger partial charge on any atom is 0.157 e. The first kappa shape index (κ1) is 12.7. The summed E-state index contributed by atoms with van der Waals surface area (Å²) in [5.74, 6) is 0.731. The standard InChI is InChI=1S/C16H16N2O2/c1-2-4-16(5-3-1)20-17-12-14-6-8-15(9-7-14)18-10-11-19-13-18/h1-9,12H,10-11,13H2. The van der Waals surface area contributed by atoms with E-state index >= 15 is 0 Å².